The van der Waals surface area contributed by atoms with Gasteiger partial charge in [0.15, 0.2) is 5.82 Å². The molecule has 0 unspecified atom stereocenters. The molecule has 0 aliphatic carbocycles. The topological polar surface area (TPSA) is 51.0 Å². The van der Waals surface area contributed by atoms with Crippen molar-refractivity contribution in [3.05, 3.63) is 108 Å². The van der Waals surface area contributed by atoms with Gasteiger partial charge in [-0.3, -0.25) is 0 Å². The molecule has 0 amide bonds. The van der Waals surface area contributed by atoms with Crippen LogP contribution >= 0.6 is 0 Å². The number of nitrogens with zero attached hydrogens (tertiary/aromatic N) is 4. The predicted molar refractivity (Wildman–Crippen MR) is 108 cm³/mol. The predicted octanol–water partition coefficient (Wildman–Crippen LogP) is 5.16. The molecule has 0 aliphatic heterocycles. The third-order valence-corrected chi connectivity index (χ3v) is 4.34. The Morgan fingerprint density at radius 1 is 0.857 bits per heavy atom. The molecule has 3 aromatic carbocycles. The fourth-order valence-corrected chi connectivity index (χ4v) is 2.97. The molecule has 0 spiro atoms. The fraction of sp³-hybridized carbons (Fsp3) is 0.0435. The van der Waals surface area contributed by atoms with Crippen molar-refractivity contribution in [2.75, 3.05) is 0 Å². The highest BCUT2D eigenvalue weighted by atomic mass is 19.1. The first-order valence-corrected chi connectivity index (χ1v) is 8.86. The number of hydrogen-bond donors (Lipinski definition) is 0. The van der Waals surface area contributed by atoms with Gasteiger partial charge in [0.1, 0.15) is 11.5 Å². The zero-order chi connectivity index (χ0) is 19.3. The molecule has 4 nitrogen and oxygen atoms in total. The molecule has 1 heterocycles. The number of aromatic nitrogens is 3. The molecule has 4 rings (SSSR count). The Hall–Kier alpha value is -3.73. The summed E-state index contributed by atoms with van der Waals surface area (Å²) in [6.07, 6.45) is 3.07. The Bertz CT molecular complexity index is 1070. The summed E-state index contributed by atoms with van der Waals surface area (Å²) in [6.45, 7) is 1.82. The van der Waals surface area contributed by atoms with E-state index in [9.17, 15) is 4.39 Å². The van der Waals surface area contributed by atoms with Crippen LogP contribution in [-0.4, -0.2) is 20.9 Å². The van der Waals surface area contributed by atoms with Crippen LogP contribution in [-0.2, 0) is 0 Å². The van der Waals surface area contributed by atoms with Crippen LogP contribution in [0.2, 0.25) is 0 Å². The zero-order valence-electron chi connectivity index (χ0n) is 15.2. The van der Waals surface area contributed by atoms with Crippen LogP contribution in [0.5, 0.6) is 0 Å². The SMILES string of the molecule is Cc1cc(F)c(N=C(c2ccccc2)c2ccccc2)cc1-c1nccnn1. The van der Waals surface area contributed by atoms with E-state index in [1.807, 2.05) is 67.6 Å². The molecule has 0 N–H and O–H groups in total. The molecule has 1 aromatic heterocycles. The Kier molecular flexibility index (Phi) is 4.97. The molecule has 0 saturated carbocycles. The van der Waals surface area contributed by atoms with Gasteiger partial charge < -0.3 is 0 Å². The van der Waals surface area contributed by atoms with E-state index in [2.05, 4.69) is 15.2 Å². The van der Waals surface area contributed by atoms with Crippen molar-refractivity contribution < 1.29 is 4.39 Å². The van der Waals surface area contributed by atoms with Crippen LogP contribution in [0.15, 0.2) is 90.2 Å². The van der Waals surface area contributed by atoms with Crippen LogP contribution in [0, 0.1) is 12.7 Å². The van der Waals surface area contributed by atoms with Gasteiger partial charge in [0.2, 0.25) is 0 Å². The van der Waals surface area contributed by atoms with Crippen molar-refractivity contribution in [1.29, 1.82) is 0 Å². The standard InChI is InChI=1S/C23H17FN4/c1-16-14-20(24)21(15-19(16)23-25-12-13-26-28-23)27-22(17-8-4-2-5-9-17)18-10-6-3-7-11-18/h2-15H,1H3. The quantitative estimate of drug-likeness (QED) is 0.468. The number of rotatable bonds is 4. The highest BCUT2D eigenvalue weighted by molar-refractivity contribution is 6.14. The number of aryl methyl sites for hydroxylation is 1. The van der Waals surface area contributed by atoms with Gasteiger partial charge in [-0.25, -0.2) is 14.4 Å². The second kappa shape index (κ2) is 7.88. The maximum absolute atomic E-state index is 14.8. The van der Waals surface area contributed by atoms with E-state index in [4.69, 9.17) is 4.99 Å². The Balaban J connectivity index is 1.89. The van der Waals surface area contributed by atoms with Gasteiger partial charge in [0, 0.05) is 22.9 Å². The minimum atomic E-state index is -0.394. The summed E-state index contributed by atoms with van der Waals surface area (Å²) in [5.74, 6) is 0.0481. The molecule has 0 bridgehead atoms. The maximum Gasteiger partial charge on any atom is 0.182 e. The number of aliphatic imine (C=N–C) groups is 1. The lowest BCUT2D eigenvalue weighted by atomic mass is 10.0. The molecule has 0 fully saturated rings. The van der Waals surface area contributed by atoms with Gasteiger partial charge in [0.05, 0.1) is 11.9 Å². The lowest BCUT2D eigenvalue weighted by Crippen LogP contribution is -2.03. The zero-order valence-corrected chi connectivity index (χ0v) is 15.2. The van der Waals surface area contributed by atoms with E-state index in [0.29, 0.717) is 17.1 Å². The smallest absolute Gasteiger partial charge is 0.182 e. The molecule has 0 saturated heterocycles. The normalized spacial score (nSPS) is 10.5. The van der Waals surface area contributed by atoms with E-state index in [1.165, 1.54) is 12.3 Å². The van der Waals surface area contributed by atoms with Crippen molar-refractivity contribution in [1.82, 2.24) is 15.2 Å². The highest BCUT2D eigenvalue weighted by Gasteiger charge is 2.13. The second-order valence-corrected chi connectivity index (χ2v) is 6.28. The van der Waals surface area contributed by atoms with E-state index in [1.54, 1.807) is 12.3 Å². The van der Waals surface area contributed by atoms with Crippen molar-refractivity contribution in [3.63, 3.8) is 0 Å². The van der Waals surface area contributed by atoms with Crippen LogP contribution in [0.4, 0.5) is 10.1 Å². The van der Waals surface area contributed by atoms with Gasteiger partial charge in [0.25, 0.3) is 0 Å². The maximum atomic E-state index is 14.8. The Morgan fingerprint density at radius 2 is 1.50 bits per heavy atom. The average Bonchev–Trinajstić information content (AvgIpc) is 2.75. The fourth-order valence-electron chi connectivity index (χ4n) is 2.97. The van der Waals surface area contributed by atoms with E-state index in [0.717, 1.165) is 16.7 Å². The summed E-state index contributed by atoms with van der Waals surface area (Å²) >= 11 is 0. The van der Waals surface area contributed by atoms with Crippen LogP contribution in [0.1, 0.15) is 16.7 Å². The van der Waals surface area contributed by atoms with Crippen molar-refractivity contribution in [3.8, 4) is 11.4 Å². The molecule has 0 atom stereocenters. The number of hydrogen-bond acceptors (Lipinski definition) is 4. The summed E-state index contributed by atoms with van der Waals surface area (Å²) in [4.78, 5) is 8.92. The summed E-state index contributed by atoms with van der Waals surface area (Å²) < 4.78 is 14.8. The second-order valence-electron chi connectivity index (χ2n) is 6.28. The Labute approximate surface area is 162 Å². The molecule has 5 heteroatoms. The van der Waals surface area contributed by atoms with Gasteiger partial charge in [-0.05, 0) is 24.6 Å². The Morgan fingerprint density at radius 3 is 2.07 bits per heavy atom. The summed E-state index contributed by atoms with van der Waals surface area (Å²) in [5.41, 5.74) is 4.18. The first-order valence-electron chi connectivity index (χ1n) is 8.86. The van der Waals surface area contributed by atoms with Crippen molar-refractivity contribution >= 4 is 11.4 Å². The molecule has 136 valence electrons. The largest absolute Gasteiger partial charge is 0.245 e. The third-order valence-electron chi connectivity index (χ3n) is 4.34. The molecular weight excluding hydrogens is 351 g/mol. The van der Waals surface area contributed by atoms with Crippen LogP contribution < -0.4 is 0 Å². The molecular formula is C23H17FN4. The number of halogens is 1. The van der Waals surface area contributed by atoms with Crippen LogP contribution in [0.3, 0.4) is 0 Å². The minimum Gasteiger partial charge on any atom is -0.245 e. The average molecular weight is 368 g/mol. The highest BCUT2D eigenvalue weighted by Crippen LogP contribution is 2.29. The van der Waals surface area contributed by atoms with E-state index >= 15 is 0 Å². The first kappa shape index (κ1) is 17.7. The molecule has 28 heavy (non-hydrogen) atoms. The molecule has 0 radical (unpaired) electrons. The van der Waals surface area contributed by atoms with E-state index < -0.39 is 5.82 Å². The van der Waals surface area contributed by atoms with Gasteiger partial charge >= 0.3 is 0 Å². The molecule has 0 aliphatic rings. The monoisotopic (exact) mass is 368 g/mol. The summed E-state index contributed by atoms with van der Waals surface area (Å²) in [7, 11) is 0. The van der Waals surface area contributed by atoms with Crippen molar-refractivity contribution in [2.24, 2.45) is 4.99 Å². The first-order chi connectivity index (χ1) is 13.7. The van der Waals surface area contributed by atoms with Crippen molar-refractivity contribution in [2.45, 2.75) is 6.92 Å². The lowest BCUT2D eigenvalue weighted by molar-refractivity contribution is 0.629. The van der Waals surface area contributed by atoms with Crippen LogP contribution in [0.25, 0.3) is 11.4 Å². The van der Waals surface area contributed by atoms with E-state index in [-0.39, 0.29) is 5.69 Å². The summed E-state index contributed by atoms with van der Waals surface area (Å²) in [5, 5.41) is 7.91. The molecule has 4 aromatic rings. The third kappa shape index (κ3) is 3.69. The van der Waals surface area contributed by atoms with Gasteiger partial charge in [-0.2, -0.15) is 5.10 Å². The summed E-state index contributed by atoms with van der Waals surface area (Å²) in [6, 6.07) is 22.6. The van der Waals surface area contributed by atoms with Gasteiger partial charge in [-0.1, -0.05) is 60.7 Å². The number of benzene rings is 3. The lowest BCUT2D eigenvalue weighted by Gasteiger charge is -2.10. The minimum absolute atomic E-state index is 0.232. The van der Waals surface area contributed by atoms with Gasteiger partial charge in [-0.15, -0.1) is 5.10 Å².